The van der Waals surface area contributed by atoms with E-state index in [-0.39, 0.29) is 17.7 Å². The van der Waals surface area contributed by atoms with Crippen LogP contribution in [0.2, 0.25) is 0 Å². The second-order valence-electron chi connectivity index (χ2n) is 6.30. The number of amides is 3. The van der Waals surface area contributed by atoms with E-state index in [1.165, 1.54) is 18.2 Å². The quantitative estimate of drug-likeness (QED) is 0.803. The van der Waals surface area contributed by atoms with Gasteiger partial charge in [-0.15, -0.1) is 11.8 Å². The number of benzene rings is 1. The number of ether oxygens (including phenoxy) is 2. The van der Waals surface area contributed by atoms with Gasteiger partial charge in [0.15, 0.2) is 11.5 Å². The van der Waals surface area contributed by atoms with Crippen LogP contribution in [-0.2, 0) is 4.79 Å². The van der Waals surface area contributed by atoms with Crippen LogP contribution in [0.25, 0.3) is 0 Å². The summed E-state index contributed by atoms with van der Waals surface area (Å²) in [6, 6.07) is 5.43. The number of rotatable bonds is 4. The Morgan fingerprint density at radius 1 is 1.04 bits per heavy atom. The van der Waals surface area contributed by atoms with Crippen molar-refractivity contribution in [1.29, 1.82) is 0 Å². The number of hydrogen-bond donors (Lipinski definition) is 2. The fourth-order valence-electron chi connectivity index (χ4n) is 3.01. The van der Waals surface area contributed by atoms with E-state index in [0.29, 0.717) is 19.0 Å². The van der Waals surface area contributed by atoms with Gasteiger partial charge in [-0.05, 0) is 31.0 Å². The molecule has 0 spiro atoms. The molecule has 0 saturated heterocycles. The van der Waals surface area contributed by atoms with Gasteiger partial charge in [0.2, 0.25) is 5.91 Å². The van der Waals surface area contributed by atoms with E-state index in [1.54, 1.807) is 0 Å². The maximum atomic E-state index is 12.0. The molecular weight excluding hydrogens is 340 g/mol. The summed E-state index contributed by atoms with van der Waals surface area (Å²) < 4.78 is 11.2. The summed E-state index contributed by atoms with van der Waals surface area (Å²) in [4.78, 5) is 24.7. The smallest absolute Gasteiger partial charge is 0.321 e. The summed E-state index contributed by atoms with van der Waals surface area (Å²) in [5, 5.41) is 5.28. The van der Waals surface area contributed by atoms with Crippen LogP contribution >= 0.6 is 11.8 Å². The van der Waals surface area contributed by atoms with Gasteiger partial charge >= 0.3 is 6.03 Å². The zero-order chi connectivity index (χ0) is 17.5. The minimum absolute atomic E-state index is 0.178. The average Bonchev–Trinajstić information content (AvgIpc) is 2.85. The first-order valence-corrected chi connectivity index (χ1v) is 9.82. The van der Waals surface area contributed by atoms with Crippen molar-refractivity contribution >= 4 is 23.7 Å². The van der Waals surface area contributed by atoms with Gasteiger partial charge in [0, 0.05) is 17.4 Å². The summed E-state index contributed by atoms with van der Waals surface area (Å²) in [6.07, 6.45) is 6.35. The molecule has 0 aromatic heterocycles. The van der Waals surface area contributed by atoms with Gasteiger partial charge in [0.25, 0.3) is 0 Å². The maximum Gasteiger partial charge on any atom is 0.321 e. The maximum absolute atomic E-state index is 12.0. The molecule has 1 aromatic carbocycles. The Morgan fingerprint density at radius 2 is 1.80 bits per heavy atom. The summed E-state index contributed by atoms with van der Waals surface area (Å²) in [6.45, 7) is 1.28. The second kappa shape index (κ2) is 8.99. The highest BCUT2D eigenvalue weighted by Gasteiger charge is 2.17. The van der Waals surface area contributed by atoms with Crippen LogP contribution in [-0.4, -0.2) is 36.9 Å². The number of imide groups is 1. The van der Waals surface area contributed by atoms with Gasteiger partial charge in [0.05, 0.1) is 19.0 Å². The topological polar surface area (TPSA) is 76.7 Å². The zero-order valence-corrected chi connectivity index (χ0v) is 15.0. The van der Waals surface area contributed by atoms with E-state index >= 15 is 0 Å². The number of nitrogens with one attached hydrogen (secondary N) is 2. The van der Waals surface area contributed by atoms with E-state index < -0.39 is 6.03 Å². The van der Waals surface area contributed by atoms with Crippen LogP contribution in [0.4, 0.5) is 4.79 Å². The van der Waals surface area contributed by atoms with Gasteiger partial charge in [-0.25, -0.2) is 4.79 Å². The molecule has 7 heteroatoms. The first-order valence-electron chi connectivity index (χ1n) is 8.83. The Morgan fingerprint density at radius 3 is 2.60 bits per heavy atom. The summed E-state index contributed by atoms with van der Waals surface area (Å²) in [7, 11) is 0. The van der Waals surface area contributed by atoms with Crippen LogP contribution < -0.4 is 20.1 Å². The Bertz CT molecular complexity index is 617. The summed E-state index contributed by atoms with van der Waals surface area (Å²) >= 11 is 1.37. The molecule has 1 aliphatic carbocycles. The van der Waals surface area contributed by atoms with Crippen LogP contribution in [0.5, 0.6) is 11.5 Å². The predicted molar refractivity (Wildman–Crippen MR) is 96.3 cm³/mol. The Kier molecular flexibility index (Phi) is 6.44. The zero-order valence-electron chi connectivity index (χ0n) is 14.2. The van der Waals surface area contributed by atoms with E-state index in [4.69, 9.17) is 9.47 Å². The van der Waals surface area contributed by atoms with Crippen molar-refractivity contribution in [1.82, 2.24) is 10.6 Å². The molecule has 1 saturated carbocycles. The van der Waals surface area contributed by atoms with Crippen molar-refractivity contribution in [3.63, 3.8) is 0 Å². The fourth-order valence-corrected chi connectivity index (χ4v) is 3.74. The monoisotopic (exact) mass is 364 g/mol. The molecule has 1 aliphatic heterocycles. The first-order chi connectivity index (χ1) is 12.2. The highest BCUT2D eigenvalue weighted by atomic mass is 32.2. The number of carbonyl (C=O) groups excluding carboxylic acids is 2. The molecule has 2 aliphatic rings. The number of hydrogen-bond acceptors (Lipinski definition) is 5. The number of urea groups is 1. The van der Waals surface area contributed by atoms with E-state index in [0.717, 1.165) is 42.7 Å². The molecule has 136 valence electrons. The normalized spacial score (nSPS) is 17.4. The molecule has 6 nitrogen and oxygen atoms in total. The Balaban J connectivity index is 1.44. The van der Waals surface area contributed by atoms with Crippen molar-refractivity contribution in [3.05, 3.63) is 18.2 Å². The third-order valence-corrected chi connectivity index (χ3v) is 5.28. The van der Waals surface area contributed by atoms with Crippen LogP contribution in [0.1, 0.15) is 38.5 Å². The lowest BCUT2D eigenvalue weighted by Crippen LogP contribution is -2.45. The molecule has 25 heavy (non-hydrogen) atoms. The van der Waals surface area contributed by atoms with E-state index in [2.05, 4.69) is 10.6 Å². The molecule has 0 radical (unpaired) electrons. The number of fused-ring (bicyclic) bond motifs is 1. The largest absolute Gasteiger partial charge is 0.490 e. The SMILES string of the molecule is O=C(CSc1ccc2c(c1)OCCCO2)NC(=O)NC1CCCCC1. The van der Waals surface area contributed by atoms with Crippen molar-refractivity contribution in [2.75, 3.05) is 19.0 Å². The lowest BCUT2D eigenvalue weighted by atomic mass is 9.96. The minimum atomic E-state index is -0.392. The molecule has 1 fully saturated rings. The first kappa shape index (κ1) is 17.9. The van der Waals surface area contributed by atoms with E-state index in [1.807, 2.05) is 18.2 Å². The summed E-state index contributed by atoms with van der Waals surface area (Å²) in [5.74, 6) is 1.32. The molecular formula is C18H24N2O4S. The van der Waals surface area contributed by atoms with Crippen molar-refractivity contribution in [2.45, 2.75) is 49.5 Å². The average molecular weight is 364 g/mol. The molecule has 0 unspecified atom stereocenters. The second-order valence-corrected chi connectivity index (χ2v) is 7.35. The molecule has 2 N–H and O–H groups in total. The molecule has 3 amide bonds. The Labute approximate surface area is 152 Å². The van der Waals surface area contributed by atoms with E-state index in [9.17, 15) is 9.59 Å². The number of thioether (sulfide) groups is 1. The minimum Gasteiger partial charge on any atom is -0.490 e. The van der Waals surface area contributed by atoms with Gasteiger partial charge in [-0.2, -0.15) is 0 Å². The highest BCUT2D eigenvalue weighted by Crippen LogP contribution is 2.33. The lowest BCUT2D eigenvalue weighted by Gasteiger charge is -2.22. The molecule has 3 rings (SSSR count). The van der Waals surface area contributed by atoms with Gasteiger partial charge in [-0.1, -0.05) is 19.3 Å². The molecule has 0 bridgehead atoms. The van der Waals surface area contributed by atoms with Crippen molar-refractivity contribution in [3.8, 4) is 11.5 Å². The van der Waals surface area contributed by atoms with Crippen LogP contribution in [0.3, 0.4) is 0 Å². The third-order valence-electron chi connectivity index (χ3n) is 4.28. The van der Waals surface area contributed by atoms with Gasteiger partial charge in [-0.3, -0.25) is 10.1 Å². The van der Waals surface area contributed by atoms with Gasteiger partial charge in [0.1, 0.15) is 0 Å². The summed E-state index contributed by atoms with van der Waals surface area (Å²) in [5.41, 5.74) is 0. The third kappa shape index (κ3) is 5.56. The Hall–Kier alpha value is -1.89. The number of carbonyl (C=O) groups is 2. The predicted octanol–water partition coefficient (Wildman–Crippen LogP) is 3.10. The molecule has 1 aromatic rings. The standard InChI is InChI=1S/C18H24N2O4S/c21-17(20-18(22)19-13-5-2-1-3-6-13)12-25-14-7-8-15-16(11-14)24-10-4-9-23-15/h7-8,11,13H,1-6,9-10,12H2,(H2,19,20,21,22). The van der Waals surface area contributed by atoms with Crippen molar-refractivity contribution in [2.24, 2.45) is 0 Å². The molecule has 1 heterocycles. The van der Waals surface area contributed by atoms with Gasteiger partial charge < -0.3 is 14.8 Å². The fraction of sp³-hybridized carbons (Fsp3) is 0.556. The van der Waals surface area contributed by atoms with Crippen LogP contribution in [0.15, 0.2) is 23.1 Å². The van der Waals surface area contributed by atoms with Crippen molar-refractivity contribution < 1.29 is 19.1 Å². The highest BCUT2D eigenvalue weighted by molar-refractivity contribution is 8.00. The molecule has 0 atom stereocenters. The lowest BCUT2D eigenvalue weighted by molar-refractivity contribution is -0.117. The van der Waals surface area contributed by atoms with Crippen LogP contribution in [0, 0.1) is 0 Å².